The van der Waals surface area contributed by atoms with Gasteiger partial charge < -0.3 is 9.80 Å². The second-order valence-electron chi connectivity index (χ2n) is 16.2. The minimum Gasteiger partial charge on any atom is -0.310 e. The van der Waals surface area contributed by atoms with Crippen LogP contribution >= 0.6 is 0 Å². The molecular weight excluding hydrogens is 605 g/mol. The van der Waals surface area contributed by atoms with Crippen molar-refractivity contribution in [3.63, 3.8) is 0 Å². The van der Waals surface area contributed by atoms with Crippen LogP contribution < -0.4 is 9.80 Å². The molecule has 0 fully saturated rings. The van der Waals surface area contributed by atoms with E-state index >= 15 is 0 Å². The van der Waals surface area contributed by atoms with E-state index < -0.39 is 0 Å². The summed E-state index contributed by atoms with van der Waals surface area (Å²) in [6.07, 6.45) is 1.91. The molecule has 0 atom stereocenters. The summed E-state index contributed by atoms with van der Waals surface area (Å²) < 4.78 is 0. The van der Waals surface area contributed by atoms with E-state index in [1.165, 1.54) is 89.0 Å². The molecule has 2 heteroatoms. The molecule has 0 saturated carbocycles. The van der Waals surface area contributed by atoms with Gasteiger partial charge in [-0.05, 0) is 114 Å². The maximum absolute atomic E-state index is 2.48. The van der Waals surface area contributed by atoms with Crippen molar-refractivity contribution < 1.29 is 0 Å². The molecule has 0 amide bonds. The second kappa shape index (κ2) is 11.1. The average molecular weight is 649 g/mol. The monoisotopic (exact) mass is 648 g/mol. The van der Waals surface area contributed by atoms with Crippen molar-refractivity contribution in [2.24, 2.45) is 0 Å². The van der Waals surface area contributed by atoms with Gasteiger partial charge in [-0.3, -0.25) is 0 Å². The Labute approximate surface area is 296 Å². The largest absolute Gasteiger partial charge is 0.310 e. The molecule has 0 aromatic heterocycles. The number of hydrogen-bond acceptors (Lipinski definition) is 2. The maximum atomic E-state index is 2.48. The molecule has 0 unspecified atom stereocenters. The van der Waals surface area contributed by atoms with E-state index in [-0.39, 0.29) is 10.8 Å². The van der Waals surface area contributed by atoms with E-state index in [2.05, 4.69) is 185 Å². The molecule has 50 heavy (non-hydrogen) atoms. The molecule has 0 saturated heterocycles. The van der Waals surface area contributed by atoms with Crippen molar-refractivity contribution in [1.82, 2.24) is 0 Å². The Balaban J connectivity index is 1.33. The summed E-state index contributed by atoms with van der Waals surface area (Å²) in [6, 6.07) is 50.1. The number of para-hydroxylation sites is 4. The molecular formula is C48H44N2. The van der Waals surface area contributed by atoms with E-state index in [1.54, 1.807) is 0 Å². The highest BCUT2D eigenvalue weighted by Gasteiger charge is 2.31. The number of fused-ring (bicyclic) bond motifs is 6. The summed E-state index contributed by atoms with van der Waals surface area (Å²) in [5.41, 5.74) is 15.6. The summed E-state index contributed by atoms with van der Waals surface area (Å²) in [4.78, 5) is 4.96. The average Bonchev–Trinajstić information content (AvgIpc) is 3.10. The lowest BCUT2D eigenvalue weighted by atomic mass is 9.74. The smallest absolute Gasteiger partial charge is 0.0497 e. The predicted octanol–water partition coefficient (Wildman–Crippen LogP) is 13.3. The van der Waals surface area contributed by atoms with Crippen molar-refractivity contribution >= 4 is 55.7 Å². The zero-order valence-electron chi connectivity index (χ0n) is 30.0. The van der Waals surface area contributed by atoms with Gasteiger partial charge in [0.25, 0.3) is 0 Å². The molecule has 0 spiro atoms. The number of hydrogen-bond donors (Lipinski definition) is 0. The van der Waals surface area contributed by atoms with Crippen molar-refractivity contribution in [2.75, 3.05) is 9.80 Å². The number of nitrogens with zero attached hydrogens (tertiary/aromatic N) is 2. The SMILES string of the molecule is CC(C)(C)c1c2ccc(N3c4ccccc4Cc4ccccc43)cc2c(C(C)(C)C)c2ccc(N3c4ccccc4Cc4ccccc43)cc12. The Hall–Kier alpha value is -5.34. The summed E-state index contributed by atoms with van der Waals surface area (Å²) in [6.45, 7) is 14.3. The van der Waals surface area contributed by atoms with Crippen molar-refractivity contribution in [2.45, 2.75) is 65.2 Å². The van der Waals surface area contributed by atoms with Gasteiger partial charge in [0, 0.05) is 47.0 Å². The van der Waals surface area contributed by atoms with Gasteiger partial charge in [-0.25, -0.2) is 0 Å². The minimum atomic E-state index is -0.0882. The fourth-order valence-electron chi connectivity index (χ4n) is 8.84. The molecule has 2 heterocycles. The van der Waals surface area contributed by atoms with Crippen LogP contribution in [0.5, 0.6) is 0 Å². The highest BCUT2D eigenvalue weighted by atomic mass is 15.2. The normalized spacial score (nSPS) is 14.0. The number of anilines is 6. The zero-order chi connectivity index (χ0) is 34.4. The third-order valence-corrected chi connectivity index (χ3v) is 10.8. The fourth-order valence-corrected chi connectivity index (χ4v) is 8.84. The lowest BCUT2D eigenvalue weighted by Gasteiger charge is -2.36. The summed E-state index contributed by atoms with van der Waals surface area (Å²) in [7, 11) is 0. The maximum Gasteiger partial charge on any atom is 0.0497 e. The lowest BCUT2D eigenvalue weighted by molar-refractivity contribution is 0.593. The van der Waals surface area contributed by atoms with E-state index in [1.807, 2.05) is 0 Å². The first-order chi connectivity index (χ1) is 24.1. The van der Waals surface area contributed by atoms with Gasteiger partial charge in [0.15, 0.2) is 0 Å². The topological polar surface area (TPSA) is 6.48 Å². The summed E-state index contributed by atoms with van der Waals surface area (Å²) >= 11 is 0. The third-order valence-electron chi connectivity index (χ3n) is 10.8. The van der Waals surface area contributed by atoms with Crippen LogP contribution in [-0.2, 0) is 23.7 Å². The van der Waals surface area contributed by atoms with E-state index in [9.17, 15) is 0 Å². The van der Waals surface area contributed by atoms with Crippen LogP contribution in [0.2, 0.25) is 0 Å². The lowest BCUT2D eigenvalue weighted by Crippen LogP contribution is -2.20. The van der Waals surface area contributed by atoms with Gasteiger partial charge in [0.1, 0.15) is 0 Å². The molecule has 2 aliphatic heterocycles. The Bertz CT molecular complexity index is 2210. The molecule has 2 nitrogen and oxygen atoms in total. The van der Waals surface area contributed by atoms with Crippen LogP contribution in [0.15, 0.2) is 133 Å². The first kappa shape index (κ1) is 30.7. The van der Waals surface area contributed by atoms with Crippen molar-refractivity contribution in [3.8, 4) is 0 Å². The Kier molecular flexibility index (Phi) is 6.81. The molecule has 0 N–H and O–H groups in total. The van der Waals surface area contributed by atoms with Gasteiger partial charge in [0.2, 0.25) is 0 Å². The molecule has 9 rings (SSSR count). The predicted molar refractivity (Wildman–Crippen MR) is 214 cm³/mol. The van der Waals surface area contributed by atoms with Crippen LogP contribution in [0, 0.1) is 0 Å². The third kappa shape index (κ3) is 4.76. The summed E-state index contributed by atoms with van der Waals surface area (Å²) in [5.74, 6) is 0. The molecule has 2 aliphatic rings. The highest BCUT2D eigenvalue weighted by Crippen LogP contribution is 2.50. The standard InChI is InChI=1S/C48H44N2/c1-47(2,3)45-37-25-23-36(50-43-21-13-9-17-33(43)28-34-18-10-14-22-44(34)50)30-40(37)46(48(4,5)6)38-26-24-35(29-39(38)45)49-41-19-11-7-15-31(41)27-32-16-8-12-20-42(32)49/h7-26,29-30H,27-28H2,1-6H3. The molecule has 246 valence electrons. The van der Waals surface area contributed by atoms with E-state index in [4.69, 9.17) is 0 Å². The van der Waals surface area contributed by atoms with E-state index in [0.717, 1.165) is 12.8 Å². The molecule has 7 aromatic rings. The highest BCUT2D eigenvalue weighted by molar-refractivity contribution is 6.10. The van der Waals surface area contributed by atoms with Gasteiger partial charge >= 0.3 is 0 Å². The second-order valence-corrected chi connectivity index (χ2v) is 16.2. The van der Waals surface area contributed by atoms with Gasteiger partial charge in [-0.2, -0.15) is 0 Å². The van der Waals surface area contributed by atoms with Gasteiger partial charge in [-0.1, -0.05) is 126 Å². The molecule has 0 bridgehead atoms. The zero-order valence-corrected chi connectivity index (χ0v) is 30.0. The van der Waals surface area contributed by atoms with Crippen LogP contribution in [0.3, 0.4) is 0 Å². The van der Waals surface area contributed by atoms with Crippen LogP contribution in [0.4, 0.5) is 34.1 Å². The quantitative estimate of drug-likeness (QED) is 0.172. The molecule has 0 radical (unpaired) electrons. The Morgan fingerprint density at radius 3 is 0.960 bits per heavy atom. The van der Waals surface area contributed by atoms with Crippen LogP contribution in [-0.4, -0.2) is 0 Å². The number of rotatable bonds is 2. The molecule has 7 aromatic carbocycles. The first-order valence-corrected chi connectivity index (χ1v) is 18.0. The first-order valence-electron chi connectivity index (χ1n) is 18.0. The van der Waals surface area contributed by atoms with Crippen LogP contribution in [0.1, 0.15) is 74.9 Å². The molecule has 0 aliphatic carbocycles. The summed E-state index contributed by atoms with van der Waals surface area (Å²) in [5, 5.41) is 5.37. The fraction of sp³-hybridized carbons (Fsp3) is 0.208. The van der Waals surface area contributed by atoms with Crippen LogP contribution in [0.25, 0.3) is 21.5 Å². The van der Waals surface area contributed by atoms with Gasteiger partial charge in [-0.15, -0.1) is 0 Å². The van der Waals surface area contributed by atoms with Gasteiger partial charge in [0.05, 0.1) is 0 Å². The Morgan fingerprint density at radius 1 is 0.360 bits per heavy atom. The van der Waals surface area contributed by atoms with Crippen molar-refractivity contribution in [3.05, 3.63) is 167 Å². The van der Waals surface area contributed by atoms with Crippen molar-refractivity contribution in [1.29, 1.82) is 0 Å². The Morgan fingerprint density at radius 2 is 0.660 bits per heavy atom. The number of benzene rings is 7. The van der Waals surface area contributed by atoms with E-state index in [0.29, 0.717) is 0 Å². The minimum absolute atomic E-state index is 0.0882.